The molecule has 0 aliphatic rings. The number of rotatable bonds is 1. The third kappa shape index (κ3) is 2.38. The molecule has 2 rings (SSSR count). The minimum atomic E-state index is 1.12. The SMILES string of the molecule is Cc1ccc(Br)cc1-c1cc(Br)ccc1C. The van der Waals surface area contributed by atoms with Gasteiger partial charge in [-0.2, -0.15) is 0 Å². The Morgan fingerprint density at radius 3 is 1.44 bits per heavy atom. The number of halogens is 2. The molecule has 0 amide bonds. The summed E-state index contributed by atoms with van der Waals surface area (Å²) in [6.45, 7) is 4.28. The predicted molar refractivity (Wildman–Crippen MR) is 76.8 cm³/mol. The minimum absolute atomic E-state index is 1.12. The molecule has 0 spiro atoms. The largest absolute Gasteiger partial charge is 0.0576 e. The number of hydrogen-bond donors (Lipinski definition) is 0. The van der Waals surface area contributed by atoms with Gasteiger partial charge in [0, 0.05) is 8.95 Å². The second-order valence-corrected chi connectivity index (χ2v) is 5.75. The maximum Gasteiger partial charge on any atom is 0.0181 e. The zero-order valence-corrected chi connectivity index (χ0v) is 12.4. The first kappa shape index (κ1) is 11.9. The van der Waals surface area contributed by atoms with E-state index in [9.17, 15) is 0 Å². The van der Waals surface area contributed by atoms with Crippen LogP contribution in [-0.4, -0.2) is 0 Å². The van der Waals surface area contributed by atoms with E-state index in [1.54, 1.807) is 0 Å². The highest BCUT2D eigenvalue weighted by molar-refractivity contribution is 9.10. The summed E-state index contributed by atoms with van der Waals surface area (Å²) in [5, 5.41) is 0. The molecule has 0 aromatic heterocycles. The van der Waals surface area contributed by atoms with Crippen LogP contribution >= 0.6 is 31.9 Å². The molecule has 0 heterocycles. The van der Waals surface area contributed by atoms with Crippen molar-refractivity contribution >= 4 is 31.9 Å². The summed E-state index contributed by atoms with van der Waals surface area (Å²) in [6.07, 6.45) is 0. The topological polar surface area (TPSA) is 0 Å². The molecular formula is C14H12Br2. The van der Waals surface area contributed by atoms with Gasteiger partial charge in [-0.25, -0.2) is 0 Å². The lowest BCUT2D eigenvalue weighted by Gasteiger charge is -2.10. The van der Waals surface area contributed by atoms with Crippen molar-refractivity contribution in [2.24, 2.45) is 0 Å². The van der Waals surface area contributed by atoms with Crippen molar-refractivity contribution in [3.05, 3.63) is 56.5 Å². The second kappa shape index (κ2) is 4.72. The average Bonchev–Trinajstić information content (AvgIpc) is 2.25. The summed E-state index contributed by atoms with van der Waals surface area (Å²) >= 11 is 7.05. The number of hydrogen-bond acceptors (Lipinski definition) is 0. The van der Waals surface area contributed by atoms with Crippen LogP contribution in [-0.2, 0) is 0 Å². The van der Waals surface area contributed by atoms with Crippen molar-refractivity contribution in [1.29, 1.82) is 0 Å². The third-order valence-corrected chi connectivity index (χ3v) is 3.68. The van der Waals surface area contributed by atoms with Gasteiger partial charge in [0.25, 0.3) is 0 Å². The zero-order chi connectivity index (χ0) is 11.7. The van der Waals surface area contributed by atoms with Crippen LogP contribution in [0.25, 0.3) is 11.1 Å². The summed E-state index contributed by atoms with van der Waals surface area (Å²) in [6, 6.07) is 12.8. The van der Waals surface area contributed by atoms with Crippen molar-refractivity contribution in [3.8, 4) is 11.1 Å². The van der Waals surface area contributed by atoms with Crippen LogP contribution < -0.4 is 0 Å². The molecule has 16 heavy (non-hydrogen) atoms. The molecule has 0 radical (unpaired) electrons. The van der Waals surface area contributed by atoms with Crippen molar-refractivity contribution < 1.29 is 0 Å². The molecule has 0 nitrogen and oxygen atoms in total. The van der Waals surface area contributed by atoms with Gasteiger partial charge in [-0.3, -0.25) is 0 Å². The highest BCUT2D eigenvalue weighted by Gasteiger charge is 2.06. The Bertz CT molecular complexity index is 481. The van der Waals surface area contributed by atoms with Crippen molar-refractivity contribution in [1.82, 2.24) is 0 Å². The molecule has 0 saturated heterocycles. The van der Waals surface area contributed by atoms with Crippen LogP contribution in [0.3, 0.4) is 0 Å². The Balaban J connectivity index is 2.66. The Morgan fingerprint density at radius 1 is 0.688 bits per heavy atom. The molecule has 0 saturated carbocycles. The lowest BCUT2D eigenvalue weighted by Crippen LogP contribution is -1.87. The van der Waals surface area contributed by atoms with E-state index in [1.165, 1.54) is 22.3 Å². The van der Waals surface area contributed by atoms with Gasteiger partial charge in [0.05, 0.1) is 0 Å². The van der Waals surface area contributed by atoms with Crippen LogP contribution in [0, 0.1) is 13.8 Å². The van der Waals surface area contributed by atoms with E-state index in [4.69, 9.17) is 0 Å². The van der Waals surface area contributed by atoms with Crippen LogP contribution in [0.2, 0.25) is 0 Å². The van der Waals surface area contributed by atoms with Gasteiger partial charge in [-0.1, -0.05) is 44.0 Å². The first-order valence-electron chi connectivity index (χ1n) is 5.10. The smallest absolute Gasteiger partial charge is 0.0181 e. The lowest BCUT2D eigenvalue weighted by atomic mass is 9.97. The van der Waals surface area contributed by atoms with Crippen LogP contribution in [0.1, 0.15) is 11.1 Å². The fourth-order valence-electron chi connectivity index (χ4n) is 1.77. The van der Waals surface area contributed by atoms with Crippen molar-refractivity contribution in [3.63, 3.8) is 0 Å². The third-order valence-electron chi connectivity index (χ3n) is 2.69. The van der Waals surface area contributed by atoms with E-state index >= 15 is 0 Å². The Labute approximate surface area is 113 Å². The molecular weight excluding hydrogens is 328 g/mol. The zero-order valence-electron chi connectivity index (χ0n) is 9.22. The Morgan fingerprint density at radius 2 is 1.06 bits per heavy atom. The van der Waals surface area contributed by atoms with Crippen molar-refractivity contribution in [2.45, 2.75) is 13.8 Å². The van der Waals surface area contributed by atoms with E-state index in [1.807, 2.05) is 0 Å². The van der Waals surface area contributed by atoms with Crippen LogP contribution in [0.5, 0.6) is 0 Å². The minimum Gasteiger partial charge on any atom is -0.0576 e. The van der Waals surface area contributed by atoms with E-state index in [2.05, 4.69) is 82.1 Å². The van der Waals surface area contributed by atoms with Gasteiger partial charge < -0.3 is 0 Å². The standard InChI is InChI=1S/C14H12Br2/c1-9-3-5-11(15)7-13(9)14-8-12(16)6-4-10(14)2/h3-8H,1-2H3. The maximum absolute atomic E-state index is 3.52. The molecule has 2 aromatic carbocycles. The molecule has 0 atom stereocenters. The highest BCUT2D eigenvalue weighted by Crippen LogP contribution is 2.31. The van der Waals surface area contributed by atoms with Gasteiger partial charge in [-0.15, -0.1) is 0 Å². The van der Waals surface area contributed by atoms with Gasteiger partial charge in [0.1, 0.15) is 0 Å². The van der Waals surface area contributed by atoms with Crippen molar-refractivity contribution in [2.75, 3.05) is 0 Å². The molecule has 0 N–H and O–H groups in total. The molecule has 2 aromatic rings. The van der Waals surface area contributed by atoms with Crippen LogP contribution in [0.15, 0.2) is 45.3 Å². The highest BCUT2D eigenvalue weighted by atomic mass is 79.9. The lowest BCUT2D eigenvalue weighted by molar-refractivity contribution is 1.39. The summed E-state index contributed by atoms with van der Waals surface area (Å²) in [4.78, 5) is 0. The molecule has 2 heteroatoms. The number of aryl methyl sites for hydroxylation is 2. The summed E-state index contributed by atoms with van der Waals surface area (Å²) in [7, 11) is 0. The van der Waals surface area contributed by atoms with E-state index in [-0.39, 0.29) is 0 Å². The quantitative estimate of drug-likeness (QED) is 0.644. The molecule has 0 aliphatic heterocycles. The monoisotopic (exact) mass is 338 g/mol. The fraction of sp³-hybridized carbons (Fsp3) is 0.143. The Kier molecular flexibility index (Phi) is 3.50. The van der Waals surface area contributed by atoms with Gasteiger partial charge in [0.15, 0.2) is 0 Å². The molecule has 0 aliphatic carbocycles. The fourth-order valence-corrected chi connectivity index (χ4v) is 2.49. The number of benzene rings is 2. The Hall–Kier alpha value is -0.600. The summed E-state index contributed by atoms with van der Waals surface area (Å²) in [5.74, 6) is 0. The summed E-state index contributed by atoms with van der Waals surface area (Å²) in [5.41, 5.74) is 5.16. The van der Waals surface area contributed by atoms with E-state index in [0.29, 0.717) is 0 Å². The average molecular weight is 340 g/mol. The predicted octanol–water partition coefficient (Wildman–Crippen LogP) is 5.50. The molecule has 0 fully saturated rings. The van der Waals surface area contributed by atoms with Gasteiger partial charge >= 0.3 is 0 Å². The second-order valence-electron chi connectivity index (χ2n) is 3.92. The normalized spacial score (nSPS) is 10.5. The summed E-state index contributed by atoms with van der Waals surface area (Å²) < 4.78 is 2.24. The van der Waals surface area contributed by atoms with Gasteiger partial charge in [-0.05, 0) is 60.4 Å². The van der Waals surface area contributed by atoms with E-state index in [0.717, 1.165) is 8.95 Å². The van der Waals surface area contributed by atoms with Crippen LogP contribution in [0.4, 0.5) is 0 Å². The molecule has 0 bridgehead atoms. The maximum atomic E-state index is 3.52. The molecule has 82 valence electrons. The first-order chi connectivity index (χ1) is 7.58. The van der Waals surface area contributed by atoms with E-state index < -0.39 is 0 Å². The molecule has 0 unspecified atom stereocenters. The first-order valence-corrected chi connectivity index (χ1v) is 6.69. The van der Waals surface area contributed by atoms with Gasteiger partial charge in [0.2, 0.25) is 0 Å².